The summed E-state index contributed by atoms with van der Waals surface area (Å²) < 4.78 is 18.8. The Morgan fingerprint density at radius 1 is 1.30 bits per heavy atom. The third kappa shape index (κ3) is 3.75. The Morgan fingerprint density at radius 2 is 2.15 bits per heavy atom. The zero-order valence-electron chi connectivity index (χ0n) is 15.1. The second-order valence-electron chi connectivity index (χ2n) is 7.24. The minimum atomic E-state index is -0.212. The molecule has 2 saturated heterocycles. The van der Waals surface area contributed by atoms with Crippen molar-refractivity contribution in [3.05, 3.63) is 58.4 Å². The zero-order valence-corrected chi connectivity index (χ0v) is 15.8. The van der Waals surface area contributed by atoms with Gasteiger partial charge in [-0.05, 0) is 41.8 Å². The van der Waals surface area contributed by atoms with E-state index >= 15 is 0 Å². The third-order valence-corrected chi connectivity index (χ3v) is 5.80. The van der Waals surface area contributed by atoms with E-state index in [1.807, 2.05) is 12.1 Å². The van der Waals surface area contributed by atoms with Gasteiger partial charge in [0.05, 0.1) is 18.2 Å². The van der Waals surface area contributed by atoms with Crippen molar-refractivity contribution in [1.82, 2.24) is 15.8 Å². The van der Waals surface area contributed by atoms with Crippen LogP contribution in [0.15, 0.2) is 36.4 Å². The van der Waals surface area contributed by atoms with Gasteiger partial charge in [-0.1, -0.05) is 23.7 Å². The number of ether oxygens (including phenoxy) is 1. The lowest BCUT2D eigenvalue weighted by Gasteiger charge is -2.36. The number of hydrazine groups is 1. The van der Waals surface area contributed by atoms with Gasteiger partial charge in [-0.3, -0.25) is 10.3 Å². The molecule has 2 aromatic carbocycles. The molecular formula is C20H23ClFN3O2. The van der Waals surface area contributed by atoms with Crippen LogP contribution >= 0.6 is 11.6 Å². The highest BCUT2D eigenvalue weighted by atomic mass is 35.5. The second kappa shape index (κ2) is 7.64. The van der Waals surface area contributed by atoms with E-state index in [1.54, 1.807) is 18.2 Å². The van der Waals surface area contributed by atoms with Crippen molar-refractivity contribution in [1.29, 1.82) is 0 Å². The standard InChI is InChI=1S/C20H23ClFN3O2/c1-27-18-8-12(7-16(21)20(18)26)10-25-6-5-17-15(11-25)19(24-23-17)13-3-2-4-14(22)9-13/h2-4,7-9,15,17,19,23-24,26H,5-6,10-11H2,1H3. The quantitative estimate of drug-likeness (QED) is 0.747. The van der Waals surface area contributed by atoms with Crippen molar-refractivity contribution in [3.8, 4) is 11.5 Å². The van der Waals surface area contributed by atoms with E-state index in [0.29, 0.717) is 22.7 Å². The second-order valence-corrected chi connectivity index (χ2v) is 7.65. The molecule has 3 atom stereocenters. The van der Waals surface area contributed by atoms with E-state index in [9.17, 15) is 9.50 Å². The molecule has 0 amide bonds. The van der Waals surface area contributed by atoms with Gasteiger partial charge in [-0.25, -0.2) is 9.82 Å². The molecule has 27 heavy (non-hydrogen) atoms. The summed E-state index contributed by atoms with van der Waals surface area (Å²) in [6.45, 7) is 2.55. The number of phenolic OH excluding ortho intramolecular Hbond substituents is 1. The van der Waals surface area contributed by atoms with Crippen LogP contribution in [0.25, 0.3) is 0 Å². The van der Waals surface area contributed by atoms with Gasteiger partial charge in [0.15, 0.2) is 11.5 Å². The molecule has 0 aliphatic carbocycles. The number of nitrogens with zero attached hydrogens (tertiary/aromatic N) is 1. The fraction of sp³-hybridized carbons (Fsp3) is 0.400. The SMILES string of the molecule is COc1cc(CN2CCC3NNC(c4cccc(F)c4)C3C2)cc(Cl)c1O. The van der Waals surface area contributed by atoms with Crippen molar-refractivity contribution in [2.75, 3.05) is 20.2 Å². The third-order valence-electron chi connectivity index (χ3n) is 5.52. The maximum atomic E-state index is 13.6. The molecule has 0 saturated carbocycles. The summed E-state index contributed by atoms with van der Waals surface area (Å²) in [6, 6.07) is 10.8. The van der Waals surface area contributed by atoms with Crippen molar-refractivity contribution < 1.29 is 14.2 Å². The molecule has 3 unspecified atom stereocenters. The van der Waals surface area contributed by atoms with E-state index < -0.39 is 0 Å². The minimum Gasteiger partial charge on any atom is -0.503 e. The molecule has 0 bridgehead atoms. The first-order chi connectivity index (χ1) is 13.0. The van der Waals surface area contributed by atoms with Crippen LogP contribution in [0, 0.1) is 11.7 Å². The molecular weight excluding hydrogens is 369 g/mol. The molecule has 2 aromatic rings. The van der Waals surface area contributed by atoms with E-state index in [1.165, 1.54) is 13.2 Å². The molecule has 4 rings (SSSR count). The largest absolute Gasteiger partial charge is 0.503 e. The molecule has 144 valence electrons. The summed E-state index contributed by atoms with van der Waals surface area (Å²) in [5, 5.41) is 10.2. The number of hydrogen-bond donors (Lipinski definition) is 3. The lowest BCUT2D eigenvalue weighted by atomic mass is 9.85. The van der Waals surface area contributed by atoms with Gasteiger partial charge in [0.1, 0.15) is 5.82 Å². The van der Waals surface area contributed by atoms with Gasteiger partial charge in [-0.15, -0.1) is 0 Å². The average molecular weight is 392 g/mol. The van der Waals surface area contributed by atoms with Crippen LogP contribution in [0.2, 0.25) is 5.02 Å². The molecule has 2 aliphatic heterocycles. The van der Waals surface area contributed by atoms with E-state index in [4.69, 9.17) is 16.3 Å². The number of hydrogen-bond acceptors (Lipinski definition) is 5. The van der Waals surface area contributed by atoms with E-state index in [2.05, 4.69) is 15.8 Å². The molecule has 7 heteroatoms. The monoisotopic (exact) mass is 391 g/mol. The number of methoxy groups -OCH3 is 1. The van der Waals surface area contributed by atoms with Crippen LogP contribution in [0.5, 0.6) is 11.5 Å². The van der Waals surface area contributed by atoms with Gasteiger partial charge in [0.2, 0.25) is 0 Å². The lowest BCUT2D eigenvalue weighted by molar-refractivity contribution is 0.148. The van der Waals surface area contributed by atoms with Crippen LogP contribution < -0.4 is 15.6 Å². The number of halogens is 2. The van der Waals surface area contributed by atoms with Crippen LogP contribution in [-0.4, -0.2) is 36.2 Å². The van der Waals surface area contributed by atoms with Gasteiger partial charge < -0.3 is 9.84 Å². The van der Waals surface area contributed by atoms with Gasteiger partial charge in [0, 0.05) is 31.6 Å². The van der Waals surface area contributed by atoms with Gasteiger partial charge in [-0.2, -0.15) is 0 Å². The molecule has 2 aliphatic rings. The number of rotatable bonds is 4. The van der Waals surface area contributed by atoms with Crippen molar-refractivity contribution in [3.63, 3.8) is 0 Å². The fourth-order valence-corrected chi connectivity index (χ4v) is 4.41. The molecule has 3 N–H and O–H groups in total. The number of likely N-dealkylation sites (tertiary alicyclic amines) is 1. The number of aromatic hydroxyl groups is 1. The van der Waals surface area contributed by atoms with Gasteiger partial charge in [0.25, 0.3) is 0 Å². The summed E-state index contributed by atoms with van der Waals surface area (Å²) in [5.74, 6) is 0.484. The fourth-order valence-electron chi connectivity index (χ4n) is 4.18. The number of nitrogens with one attached hydrogen (secondary N) is 2. The Hall–Kier alpha value is -1.86. The molecule has 5 nitrogen and oxygen atoms in total. The predicted octanol–water partition coefficient (Wildman–Crippen LogP) is 3.23. The summed E-state index contributed by atoms with van der Waals surface area (Å²) in [4.78, 5) is 2.37. The van der Waals surface area contributed by atoms with Crippen LogP contribution in [0.4, 0.5) is 4.39 Å². The van der Waals surface area contributed by atoms with E-state index in [-0.39, 0.29) is 17.6 Å². The maximum Gasteiger partial charge on any atom is 0.176 e. The van der Waals surface area contributed by atoms with Crippen LogP contribution in [-0.2, 0) is 6.54 Å². The van der Waals surface area contributed by atoms with Crippen molar-refractivity contribution in [2.24, 2.45) is 5.92 Å². The molecule has 0 aromatic heterocycles. The Kier molecular flexibility index (Phi) is 5.23. The summed E-state index contributed by atoms with van der Waals surface area (Å²) >= 11 is 6.12. The Morgan fingerprint density at radius 3 is 2.93 bits per heavy atom. The highest BCUT2D eigenvalue weighted by Gasteiger charge is 2.40. The minimum absolute atomic E-state index is 0.0306. The number of fused-ring (bicyclic) bond motifs is 1. The summed E-state index contributed by atoms with van der Waals surface area (Å²) in [5.41, 5.74) is 8.68. The summed E-state index contributed by atoms with van der Waals surface area (Å²) in [6.07, 6.45) is 1.01. The average Bonchev–Trinajstić information content (AvgIpc) is 3.08. The number of piperidine rings is 1. The normalized spacial score (nSPS) is 25.4. The topological polar surface area (TPSA) is 56.8 Å². The number of benzene rings is 2. The molecule has 2 heterocycles. The van der Waals surface area contributed by atoms with Crippen LogP contribution in [0.1, 0.15) is 23.6 Å². The van der Waals surface area contributed by atoms with Gasteiger partial charge >= 0.3 is 0 Å². The lowest BCUT2D eigenvalue weighted by Crippen LogP contribution is -2.45. The zero-order chi connectivity index (χ0) is 19.0. The molecule has 0 spiro atoms. The number of phenols is 1. The first-order valence-corrected chi connectivity index (χ1v) is 9.47. The van der Waals surface area contributed by atoms with Crippen molar-refractivity contribution in [2.45, 2.75) is 25.0 Å². The van der Waals surface area contributed by atoms with Crippen molar-refractivity contribution >= 4 is 11.6 Å². The predicted molar refractivity (Wildman–Crippen MR) is 102 cm³/mol. The maximum absolute atomic E-state index is 13.6. The first-order valence-electron chi connectivity index (χ1n) is 9.09. The Balaban J connectivity index is 1.50. The Labute approximate surface area is 163 Å². The Bertz CT molecular complexity index is 835. The summed E-state index contributed by atoms with van der Waals surface area (Å²) in [7, 11) is 1.51. The highest BCUT2D eigenvalue weighted by Crippen LogP contribution is 2.37. The smallest absolute Gasteiger partial charge is 0.176 e. The van der Waals surface area contributed by atoms with Crippen LogP contribution in [0.3, 0.4) is 0 Å². The molecule has 0 radical (unpaired) electrons. The highest BCUT2D eigenvalue weighted by molar-refractivity contribution is 6.32. The first kappa shape index (κ1) is 18.5. The molecule has 2 fully saturated rings. The van der Waals surface area contributed by atoms with E-state index in [0.717, 1.165) is 37.2 Å².